The van der Waals surface area contributed by atoms with Gasteiger partial charge in [-0.3, -0.25) is 4.98 Å². The Morgan fingerprint density at radius 3 is 2.57 bits per heavy atom. The first kappa shape index (κ1) is 15.7. The lowest BCUT2D eigenvalue weighted by atomic mass is 10.2. The van der Waals surface area contributed by atoms with Crippen LogP contribution in [0.3, 0.4) is 0 Å². The molecule has 0 amide bonds. The van der Waals surface area contributed by atoms with Gasteiger partial charge in [-0.2, -0.15) is 0 Å². The molecule has 1 N–H and O–H groups in total. The monoisotopic (exact) mass is 322 g/mol. The quantitative estimate of drug-likeness (QED) is 0.918. The van der Waals surface area contributed by atoms with Crippen LogP contribution in [0.15, 0.2) is 54.2 Å². The molecular formula is C15H15ClN2O2S. The van der Waals surface area contributed by atoms with Crippen LogP contribution >= 0.6 is 11.6 Å². The lowest BCUT2D eigenvalue weighted by Crippen LogP contribution is -2.24. The number of halogens is 1. The molecule has 0 spiro atoms. The van der Waals surface area contributed by atoms with E-state index < -0.39 is 10.0 Å². The Morgan fingerprint density at radius 2 is 1.95 bits per heavy atom. The molecule has 1 aromatic carbocycles. The third-order valence-electron chi connectivity index (χ3n) is 2.84. The number of sulfonamides is 1. The predicted molar refractivity (Wildman–Crippen MR) is 85.2 cm³/mol. The van der Waals surface area contributed by atoms with Gasteiger partial charge in [0.25, 0.3) is 0 Å². The summed E-state index contributed by atoms with van der Waals surface area (Å²) in [5, 5.41) is 1.75. The minimum atomic E-state index is -3.53. The van der Waals surface area contributed by atoms with Gasteiger partial charge in [0.2, 0.25) is 10.0 Å². The highest BCUT2D eigenvalue weighted by Gasteiger charge is 2.12. The Kier molecular flexibility index (Phi) is 5.12. The molecular weight excluding hydrogens is 308 g/mol. The van der Waals surface area contributed by atoms with Crippen molar-refractivity contribution in [1.82, 2.24) is 9.71 Å². The third-order valence-corrected chi connectivity index (χ3v) is 4.26. The maximum Gasteiger partial charge on any atom is 0.234 e. The van der Waals surface area contributed by atoms with Crippen LogP contribution in [0.1, 0.15) is 24.1 Å². The van der Waals surface area contributed by atoms with E-state index in [2.05, 4.69) is 9.71 Å². The van der Waals surface area contributed by atoms with E-state index in [0.29, 0.717) is 5.02 Å². The summed E-state index contributed by atoms with van der Waals surface area (Å²) in [5.74, 6) is 0. The van der Waals surface area contributed by atoms with Gasteiger partial charge in [0.05, 0.1) is 0 Å². The van der Waals surface area contributed by atoms with Crippen molar-refractivity contribution in [3.63, 3.8) is 0 Å². The molecule has 0 aliphatic heterocycles. The van der Waals surface area contributed by atoms with Gasteiger partial charge < -0.3 is 0 Å². The van der Waals surface area contributed by atoms with Gasteiger partial charge in [-0.15, -0.1) is 0 Å². The number of aromatic nitrogens is 1. The van der Waals surface area contributed by atoms with E-state index in [0.717, 1.165) is 16.5 Å². The van der Waals surface area contributed by atoms with Crippen molar-refractivity contribution in [1.29, 1.82) is 0 Å². The van der Waals surface area contributed by atoms with Crippen LogP contribution in [0.5, 0.6) is 0 Å². The van der Waals surface area contributed by atoms with E-state index in [9.17, 15) is 8.42 Å². The summed E-state index contributed by atoms with van der Waals surface area (Å²) in [6.07, 6.45) is 4.80. The molecule has 0 aliphatic rings. The second kappa shape index (κ2) is 6.85. The van der Waals surface area contributed by atoms with Crippen molar-refractivity contribution < 1.29 is 8.42 Å². The average molecular weight is 323 g/mol. The number of benzene rings is 1. The summed E-state index contributed by atoms with van der Waals surface area (Å²) < 4.78 is 26.6. The molecule has 0 fully saturated rings. The minimum Gasteiger partial charge on any atom is -0.264 e. The smallest absolute Gasteiger partial charge is 0.234 e. The molecule has 0 radical (unpaired) electrons. The molecule has 2 rings (SSSR count). The summed E-state index contributed by atoms with van der Waals surface area (Å²) in [4.78, 5) is 3.97. The number of rotatable bonds is 5. The van der Waals surface area contributed by atoms with E-state index in [4.69, 9.17) is 11.6 Å². The molecule has 1 unspecified atom stereocenters. The zero-order valence-electron chi connectivity index (χ0n) is 11.4. The molecule has 1 heterocycles. The highest BCUT2D eigenvalue weighted by atomic mass is 35.5. The standard InChI is InChI=1S/C15H15ClN2O2S/c1-12(14-3-2-9-17-11-14)18-21(19,20)10-8-13-4-6-15(16)7-5-13/h2-12,18H,1H3/b10-8+. The molecule has 0 saturated heterocycles. The van der Waals surface area contributed by atoms with Gasteiger partial charge in [0.15, 0.2) is 0 Å². The fraction of sp³-hybridized carbons (Fsp3) is 0.133. The van der Waals surface area contributed by atoms with E-state index in [1.165, 1.54) is 6.08 Å². The van der Waals surface area contributed by atoms with Crippen LogP contribution in [0.4, 0.5) is 0 Å². The lowest BCUT2D eigenvalue weighted by Gasteiger charge is -2.11. The summed E-state index contributed by atoms with van der Waals surface area (Å²) in [7, 11) is -3.53. The number of nitrogens with one attached hydrogen (secondary N) is 1. The first-order chi connectivity index (χ1) is 9.96. The van der Waals surface area contributed by atoms with Crippen molar-refractivity contribution in [2.75, 3.05) is 0 Å². The zero-order chi connectivity index (χ0) is 15.3. The van der Waals surface area contributed by atoms with E-state index in [1.807, 2.05) is 6.07 Å². The number of nitrogens with zero attached hydrogens (tertiary/aromatic N) is 1. The molecule has 0 aliphatic carbocycles. The van der Waals surface area contributed by atoms with Crippen molar-refractivity contribution in [3.8, 4) is 0 Å². The second-order valence-corrected chi connectivity index (χ2v) is 6.56. The zero-order valence-corrected chi connectivity index (χ0v) is 13.0. The maximum atomic E-state index is 12.0. The van der Waals surface area contributed by atoms with E-state index in [-0.39, 0.29) is 6.04 Å². The Morgan fingerprint density at radius 1 is 1.24 bits per heavy atom. The molecule has 2 aromatic rings. The van der Waals surface area contributed by atoms with Crippen molar-refractivity contribution >= 4 is 27.7 Å². The Balaban J connectivity index is 2.06. The van der Waals surface area contributed by atoms with Crippen LogP contribution in [0.25, 0.3) is 6.08 Å². The number of hydrogen-bond acceptors (Lipinski definition) is 3. The van der Waals surface area contributed by atoms with Gasteiger partial charge in [-0.05, 0) is 42.3 Å². The fourth-order valence-electron chi connectivity index (χ4n) is 1.73. The largest absolute Gasteiger partial charge is 0.264 e. The molecule has 0 saturated carbocycles. The third kappa shape index (κ3) is 4.97. The normalized spacial score (nSPS) is 13.4. The molecule has 1 atom stereocenters. The van der Waals surface area contributed by atoms with Gasteiger partial charge >= 0.3 is 0 Å². The summed E-state index contributed by atoms with van der Waals surface area (Å²) >= 11 is 5.78. The minimum absolute atomic E-state index is 0.349. The van der Waals surface area contributed by atoms with E-state index in [1.54, 1.807) is 49.6 Å². The van der Waals surface area contributed by atoms with Crippen LogP contribution in [0, 0.1) is 0 Å². The SMILES string of the molecule is CC(NS(=O)(=O)/C=C/c1ccc(Cl)cc1)c1cccnc1. The average Bonchev–Trinajstić information content (AvgIpc) is 2.47. The van der Waals surface area contributed by atoms with Crippen LogP contribution in [-0.4, -0.2) is 13.4 Å². The summed E-state index contributed by atoms with van der Waals surface area (Å²) in [6, 6.07) is 10.2. The topological polar surface area (TPSA) is 59.1 Å². The molecule has 4 nitrogen and oxygen atoms in total. The van der Waals surface area contributed by atoms with Gasteiger partial charge in [0.1, 0.15) is 0 Å². The molecule has 6 heteroatoms. The lowest BCUT2D eigenvalue weighted by molar-refractivity contribution is 0.576. The molecule has 110 valence electrons. The molecule has 1 aromatic heterocycles. The van der Waals surface area contributed by atoms with Crippen LogP contribution in [0.2, 0.25) is 5.02 Å². The van der Waals surface area contributed by atoms with Crippen molar-refractivity contribution in [2.45, 2.75) is 13.0 Å². The highest BCUT2D eigenvalue weighted by molar-refractivity contribution is 7.92. The van der Waals surface area contributed by atoms with Crippen molar-refractivity contribution in [3.05, 3.63) is 70.3 Å². The Hall–Kier alpha value is -1.69. The first-order valence-electron chi connectivity index (χ1n) is 6.32. The van der Waals surface area contributed by atoms with E-state index >= 15 is 0 Å². The molecule has 21 heavy (non-hydrogen) atoms. The second-order valence-electron chi connectivity index (χ2n) is 4.53. The highest BCUT2D eigenvalue weighted by Crippen LogP contribution is 2.14. The molecule has 0 bridgehead atoms. The van der Waals surface area contributed by atoms with Gasteiger partial charge in [-0.1, -0.05) is 29.8 Å². The van der Waals surface area contributed by atoms with Crippen molar-refractivity contribution in [2.24, 2.45) is 0 Å². The first-order valence-corrected chi connectivity index (χ1v) is 8.24. The van der Waals surface area contributed by atoms with Crippen LogP contribution < -0.4 is 4.72 Å². The van der Waals surface area contributed by atoms with Gasteiger partial charge in [-0.25, -0.2) is 13.1 Å². The van der Waals surface area contributed by atoms with Gasteiger partial charge in [0, 0.05) is 28.9 Å². The fourth-order valence-corrected chi connectivity index (χ4v) is 2.90. The Labute approximate surface area is 129 Å². The Bertz CT molecular complexity index is 713. The number of hydrogen-bond donors (Lipinski definition) is 1. The summed E-state index contributed by atoms with van der Waals surface area (Å²) in [5.41, 5.74) is 1.57. The summed E-state index contributed by atoms with van der Waals surface area (Å²) in [6.45, 7) is 1.77. The van der Waals surface area contributed by atoms with Crippen LogP contribution in [-0.2, 0) is 10.0 Å². The number of pyridine rings is 1. The maximum absolute atomic E-state index is 12.0. The predicted octanol–water partition coefficient (Wildman–Crippen LogP) is 3.39.